The lowest BCUT2D eigenvalue weighted by Crippen LogP contribution is -2.33. The zero-order valence-corrected chi connectivity index (χ0v) is 12.4. The Balaban J connectivity index is 2.94. The fraction of sp³-hybridized carbons (Fsp3) is 0.533. The van der Waals surface area contributed by atoms with Gasteiger partial charge in [0.15, 0.2) is 0 Å². The topological polar surface area (TPSA) is 64.3 Å². The van der Waals surface area contributed by atoms with Crippen molar-refractivity contribution < 1.29 is 9.53 Å². The van der Waals surface area contributed by atoms with Gasteiger partial charge < -0.3 is 15.8 Å². The number of benzene rings is 1. The van der Waals surface area contributed by atoms with Crippen LogP contribution in [0, 0.1) is 25.7 Å². The van der Waals surface area contributed by atoms with Crippen molar-refractivity contribution >= 4 is 11.6 Å². The SMILES string of the molecule is COc1ccc(NC(=O)C(CN)C(C)C)c(C)c1C. The zero-order valence-electron chi connectivity index (χ0n) is 12.4. The molecule has 4 nitrogen and oxygen atoms in total. The minimum atomic E-state index is -0.165. The Kier molecular flexibility index (Phi) is 5.36. The molecule has 0 aromatic heterocycles. The molecule has 0 aliphatic heterocycles. The minimum absolute atomic E-state index is 0.0230. The zero-order chi connectivity index (χ0) is 14.6. The van der Waals surface area contributed by atoms with E-state index in [0.29, 0.717) is 6.54 Å². The fourth-order valence-corrected chi connectivity index (χ4v) is 2.06. The van der Waals surface area contributed by atoms with Gasteiger partial charge in [0, 0.05) is 12.2 Å². The van der Waals surface area contributed by atoms with Gasteiger partial charge in [0.05, 0.1) is 13.0 Å². The average molecular weight is 264 g/mol. The van der Waals surface area contributed by atoms with Gasteiger partial charge in [-0.3, -0.25) is 4.79 Å². The van der Waals surface area contributed by atoms with Gasteiger partial charge in [-0.25, -0.2) is 0 Å². The standard InChI is InChI=1S/C15H24N2O2/c1-9(2)12(8-16)15(18)17-13-6-7-14(19-5)11(4)10(13)3/h6-7,9,12H,8,16H2,1-5H3,(H,17,18). The second-order valence-electron chi connectivity index (χ2n) is 5.14. The molecule has 1 amide bonds. The first-order valence-corrected chi connectivity index (χ1v) is 6.57. The summed E-state index contributed by atoms with van der Waals surface area (Å²) < 4.78 is 5.26. The second-order valence-corrected chi connectivity index (χ2v) is 5.14. The molecule has 0 bridgehead atoms. The third-order valence-corrected chi connectivity index (χ3v) is 3.61. The van der Waals surface area contributed by atoms with Crippen LogP contribution in [-0.4, -0.2) is 19.6 Å². The smallest absolute Gasteiger partial charge is 0.229 e. The normalized spacial score (nSPS) is 12.4. The predicted molar refractivity (Wildman–Crippen MR) is 78.5 cm³/mol. The Hall–Kier alpha value is -1.55. The minimum Gasteiger partial charge on any atom is -0.496 e. The summed E-state index contributed by atoms with van der Waals surface area (Å²) in [4.78, 5) is 12.2. The number of nitrogens with two attached hydrogens (primary N) is 1. The van der Waals surface area contributed by atoms with Crippen LogP contribution in [-0.2, 0) is 4.79 Å². The van der Waals surface area contributed by atoms with E-state index < -0.39 is 0 Å². The third-order valence-electron chi connectivity index (χ3n) is 3.61. The Morgan fingerprint density at radius 1 is 1.32 bits per heavy atom. The highest BCUT2D eigenvalue weighted by atomic mass is 16.5. The number of methoxy groups -OCH3 is 1. The number of amides is 1. The number of hydrogen-bond donors (Lipinski definition) is 2. The molecule has 19 heavy (non-hydrogen) atoms. The number of carbonyl (C=O) groups is 1. The molecule has 1 unspecified atom stereocenters. The highest BCUT2D eigenvalue weighted by Gasteiger charge is 2.21. The van der Waals surface area contributed by atoms with Crippen molar-refractivity contribution in [2.75, 3.05) is 19.0 Å². The average Bonchev–Trinajstić information content (AvgIpc) is 2.35. The maximum atomic E-state index is 12.2. The summed E-state index contributed by atoms with van der Waals surface area (Å²) >= 11 is 0. The Morgan fingerprint density at radius 2 is 1.95 bits per heavy atom. The number of hydrogen-bond acceptors (Lipinski definition) is 3. The molecule has 106 valence electrons. The predicted octanol–water partition coefficient (Wildman–Crippen LogP) is 2.48. The molecule has 1 rings (SSSR count). The van der Waals surface area contributed by atoms with Gasteiger partial charge in [-0.15, -0.1) is 0 Å². The summed E-state index contributed by atoms with van der Waals surface area (Å²) in [5.41, 5.74) is 8.54. The van der Waals surface area contributed by atoms with E-state index in [-0.39, 0.29) is 17.7 Å². The molecule has 0 aliphatic carbocycles. The summed E-state index contributed by atoms with van der Waals surface area (Å²) in [6.07, 6.45) is 0. The van der Waals surface area contributed by atoms with Gasteiger partial charge in [-0.1, -0.05) is 13.8 Å². The van der Waals surface area contributed by atoms with Crippen molar-refractivity contribution in [1.29, 1.82) is 0 Å². The molecule has 0 saturated carbocycles. The van der Waals surface area contributed by atoms with E-state index in [4.69, 9.17) is 10.5 Å². The van der Waals surface area contributed by atoms with E-state index in [1.807, 2.05) is 39.8 Å². The Bertz CT molecular complexity index is 456. The lowest BCUT2D eigenvalue weighted by Gasteiger charge is -2.20. The molecule has 0 fully saturated rings. The van der Waals surface area contributed by atoms with Gasteiger partial charge in [-0.2, -0.15) is 0 Å². The molecule has 0 radical (unpaired) electrons. The highest BCUT2D eigenvalue weighted by Crippen LogP contribution is 2.27. The number of nitrogens with one attached hydrogen (secondary N) is 1. The number of rotatable bonds is 5. The van der Waals surface area contributed by atoms with Crippen molar-refractivity contribution in [3.63, 3.8) is 0 Å². The van der Waals surface area contributed by atoms with Gasteiger partial charge in [0.1, 0.15) is 5.75 Å². The monoisotopic (exact) mass is 264 g/mol. The van der Waals surface area contributed by atoms with Gasteiger partial charge in [0.2, 0.25) is 5.91 Å². The molecule has 1 aromatic rings. The molecule has 1 atom stereocenters. The first-order chi connectivity index (χ1) is 8.92. The van der Waals surface area contributed by atoms with Crippen molar-refractivity contribution in [3.8, 4) is 5.75 Å². The lowest BCUT2D eigenvalue weighted by atomic mass is 9.95. The molecule has 0 spiro atoms. The second kappa shape index (κ2) is 6.57. The molecule has 0 heterocycles. The van der Waals surface area contributed by atoms with Gasteiger partial charge in [-0.05, 0) is 43.0 Å². The summed E-state index contributed by atoms with van der Waals surface area (Å²) in [7, 11) is 1.64. The molecule has 0 aliphatic rings. The van der Waals surface area contributed by atoms with Crippen molar-refractivity contribution in [1.82, 2.24) is 0 Å². The van der Waals surface area contributed by atoms with Crippen LogP contribution in [0.5, 0.6) is 5.75 Å². The first kappa shape index (κ1) is 15.5. The van der Waals surface area contributed by atoms with Crippen LogP contribution in [0.4, 0.5) is 5.69 Å². The maximum Gasteiger partial charge on any atom is 0.229 e. The largest absolute Gasteiger partial charge is 0.496 e. The quantitative estimate of drug-likeness (QED) is 0.858. The van der Waals surface area contributed by atoms with Crippen LogP contribution in [0.25, 0.3) is 0 Å². The molecule has 1 aromatic carbocycles. The lowest BCUT2D eigenvalue weighted by molar-refractivity contribution is -0.120. The van der Waals surface area contributed by atoms with Crippen molar-refractivity contribution in [2.45, 2.75) is 27.7 Å². The summed E-state index contributed by atoms with van der Waals surface area (Å²) in [6.45, 7) is 8.32. The van der Waals surface area contributed by atoms with E-state index in [1.54, 1.807) is 7.11 Å². The number of ether oxygens (including phenoxy) is 1. The van der Waals surface area contributed by atoms with E-state index in [1.165, 1.54) is 0 Å². The van der Waals surface area contributed by atoms with Crippen LogP contribution in [0.1, 0.15) is 25.0 Å². The Morgan fingerprint density at radius 3 is 2.42 bits per heavy atom. The summed E-state index contributed by atoms with van der Waals surface area (Å²) in [5.74, 6) is 0.867. The number of carbonyl (C=O) groups excluding carboxylic acids is 1. The molecule has 3 N–H and O–H groups in total. The van der Waals surface area contributed by atoms with Crippen LogP contribution in [0.15, 0.2) is 12.1 Å². The van der Waals surface area contributed by atoms with E-state index in [0.717, 1.165) is 22.6 Å². The van der Waals surface area contributed by atoms with Crippen LogP contribution >= 0.6 is 0 Å². The molecule has 0 saturated heterocycles. The third kappa shape index (κ3) is 3.47. The van der Waals surface area contributed by atoms with Gasteiger partial charge in [0.25, 0.3) is 0 Å². The van der Waals surface area contributed by atoms with Crippen LogP contribution < -0.4 is 15.8 Å². The first-order valence-electron chi connectivity index (χ1n) is 6.57. The van der Waals surface area contributed by atoms with E-state index >= 15 is 0 Å². The Labute approximate surface area is 115 Å². The summed E-state index contributed by atoms with van der Waals surface area (Å²) in [6, 6.07) is 3.73. The molecule has 4 heteroatoms. The van der Waals surface area contributed by atoms with E-state index in [2.05, 4.69) is 5.32 Å². The highest BCUT2D eigenvalue weighted by molar-refractivity contribution is 5.93. The van der Waals surface area contributed by atoms with Crippen molar-refractivity contribution in [3.05, 3.63) is 23.3 Å². The molecular formula is C15H24N2O2. The number of anilines is 1. The van der Waals surface area contributed by atoms with Crippen LogP contribution in [0.3, 0.4) is 0 Å². The van der Waals surface area contributed by atoms with Crippen LogP contribution in [0.2, 0.25) is 0 Å². The molecular weight excluding hydrogens is 240 g/mol. The summed E-state index contributed by atoms with van der Waals surface area (Å²) in [5, 5.41) is 2.96. The maximum absolute atomic E-state index is 12.2. The van der Waals surface area contributed by atoms with Crippen molar-refractivity contribution in [2.24, 2.45) is 17.6 Å². The fourth-order valence-electron chi connectivity index (χ4n) is 2.06. The van der Waals surface area contributed by atoms with E-state index in [9.17, 15) is 4.79 Å². The van der Waals surface area contributed by atoms with Gasteiger partial charge >= 0.3 is 0 Å².